The molecule has 0 unspecified atom stereocenters. The minimum Gasteiger partial charge on any atom is -0.306 e. The minimum atomic E-state index is -0.222. The molecule has 0 saturated carbocycles. The predicted molar refractivity (Wildman–Crippen MR) is 71.3 cm³/mol. The molecule has 2 heterocycles. The summed E-state index contributed by atoms with van der Waals surface area (Å²) in [5, 5.41) is 3.25. The van der Waals surface area contributed by atoms with E-state index >= 15 is 0 Å². The number of anilines is 1. The molecule has 1 amide bonds. The number of halogens is 2. The van der Waals surface area contributed by atoms with Crippen molar-refractivity contribution < 1.29 is 4.79 Å². The Morgan fingerprint density at radius 1 is 1.41 bits per heavy atom. The number of hydrogen-bond donors (Lipinski definition) is 1. The zero-order valence-electron chi connectivity index (χ0n) is 8.83. The summed E-state index contributed by atoms with van der Waals surface area (Å²) >= 11 is 12.8. The summed E-state index contributed by atoms with van der Waals surface area (Å²) in [4.78, 5) is 16.4. The average Bonchev–Trinajstić information content (AvgIpc) is 2.69. The molecule has 6 heteroatoms. The monoisotopic (exact) mass is 286 g/mol. The molecule has 0 aliphatic carbocycles. The van der Waals surface area contributed by atoms with Crippen molar-refractivity contribution in [3.63, 3.8) is 0 Å². The molecule has 2 rings (SSSR count). The maximum Gasteiger partial charge on any atom is 0.266 e. The van der Waals surface area contributed by atoms with Crippen LogP contribution in [0.3, 0.4) is 0 Å². The second-order valence-corrected chi connectivity index (χ2v) is 5.53. The van der Waals surface area contributed by atoms with Crippen LogP contribution in [0, 0.1) is 6.92 Å². The molecular weight excluding hydrogens is 279 g/mol. The van der Waals surface area contributed by atoms with Gasteiger partial charge in [-0.1, -0.05) is 23.2 Å². The van der Waals surface area contributed by atoms with Gasteiger partial charge in [-0.25, -0.2) is 4.98 Å². The van der Waals surface area contributed by atoms with E-state index in [0.717, 1.165) is 5.56 Å². The van der Waals surface area contributed by atoms with Crippen molar-refractivity contribution >= 4 is 46.3 Å². The molecule has 0 bridgehead atoms. The molecule has 88 valence electrons. The quantitative estimate of drug-likeness (QED) is 0.906. The number of nitrogens with zero attached hydrogens (tertiary/aromatic N) is 1. The third kappa shape index (κ3) is 2.97. The van der Waals surface area contributed by atoms with Gasteiger partial charge in [0.1, 0.15) is 5.82 Å². The molecule has 0 radical (unpaired) electrons. The van der Waals surface area contributed by atoms with Gasteiger partial charge in [-0.2, -0.15) is 0 Å². The number of hydrogen-bond acceptors (Lipinski definition) is 3. The van der Waals surface area contributed by atoms with E-state index in [1.807, 2.05) is 6.92 Å². The van der Waals surface area contributed by atoms with Crippen LogP contribution in [0.4, 0.5) is 5.82 Å². The van der Waals surface area contributed by atoms with E-state index in [9.17, 15) is 4.79 Å². The summed E-state index contributed by atoms with van der Waals surface area (Å²) in [6.07, 6.45) is 1.49. The number of amides is 1. The highest BCUT2D eigenvalue weighted by Gasteiger charge is 2.11. The fourth-order valence-electron chi connectivity index (χ4n) is 1.28. The average molecular weight is 287 g/mol. The van der Waals surface area contributed by atoms with Gasteiger partial charge < -0.3 is 5.32 Å². The molecule has 0 saturated heterocycles. The Kier molecular flexibility index (Phi) is 3.66. The van der Waals surface area contributed by atoms with Crippen LogP contribution >= 0.6 is 34.5 Å². The van der Waals surface area contributed by atoms with Gasteiger partial charge in [-0.3, -0.25) is 4.79 Å². The van der Waals surface area contributed by atoms with E-state index in [4.69, 9.17) is 23.2 Å². The first-order valence-electron chi connectivity index (χ1n) is 4.75. The van der Waals surface area contributed by atoms with E-state index in [1.54, 1.807) is 18.2 Å². The lowest BCUT2D eigenvalue weighted by Gasteiger charge is -2.05. The lowest BCUT2D eigenvalue weighted by Crippen LogP contribution is -2.12. The second-order valence-electron chi connectivity index (χ2n) is 3.38. The molecule has 0 fully saturated rings. The van der Waals surface area contributed by atoms with Crippen LogP contribution in [0.25, 0.3) is 0 Å². The lowest BCUT2D eigenvalue weighted by molar-refractivity contribution is 0.103. The van der Waals surface area contributed by atoms with E-state index < -0.39 is 0 Å². The first-order valence-corrected chi connectivity index (χ1v) is 6.32. The van der Waals surface area contributed by atoms with Crippen molar-refractivity contribution in [2.75, 3.05) is 5.32 Å². The minimum absolute atomic E-state index is 0.222. The zero-order valence-corrected chi connectivity index (χ0v) is 11.2. The highest BCUT2D eigenvalue weighted by Crippen LogP contribution is 2.23. The lowest BCUT2D eigenvalue weighted by atomic mass is 10.3. The third-order valence-electron chi connectivity index (χ3n) is 2.07. The molecule has 17 heavy (non-hydrogen) atoms. The topological polar surface area (TPSA) is 42.0 Å². The standard InChI is InChI=1S/C11H8Cl2N2OS/c1-6-4-7(12)5-14-10(6)15-11(16)8-2-3-9(13)17-8/h2-5H,1H3,(H,14,15,16). The molecular formula is C11H8Cl2N2OS. The summed E-state index contributed by atoms with van der Waals surface area (Å²) in [7, 11) is 0. The number of rotatable bonds is 2. The van der Waals surface area contributed by atoms with Crippen molar-refractivity contribution in [1.29, 1.82) is 0 Å². The van der Waals surface area contributed by atoms with Crippen LogP contribution in [0.2, 0.25) is 9.36 Å². The first-order chi connectivity index (χ1) is 8.06. The number of carbonyl (C=O) groups is 1. The van der Waals surface area contributed by atoms with Crippen molar-refractivity contribution in [2.24, 2.45) is 0 Å². The number of carbonyl (C=O) groups excluding carboxylic acids is 1. The molecule has 0 aliphatic rings. The Bertz CT molecular complexity index is 568. The fraction of sp³-hybridized carbons (Fsp3) is 0.0909. The summed E-state index contributed by atoms with van der Waals surface area (Å²) in [5.74, 6) is 0.281. The van der Waals surface area contributed by atoms with Crippen molar-refractivity contribution in [2.45, 2.75) is 6.92 Å². The number of thiophene rings is 1. The SMILES string of the molecule is Cc1cc(Cl)cnc1NC(=O)c1ccc(Cl)s1. The summed E-state index contributed by atoms with van der Waals surface area (Å²) < 4.78 is 0.580. The van der Waals surface area contributed by atoms with E-state index in [2.05, 4.69) is 10.3 Å². The normalized spacial score (nSPS) is 10.3. The number of pyridine rings is 1. The van der Waals surface area contributed by atoms with E-state index in [0.29, 0.717) is 20.1 Å². The van der Waals surface area contributed by atoms with Crippen molar-refractivity contribution in [3.05, 3.63) is 44.2 Å². The highest BCUT2D eigenvalue weighted by molar-refractivity contribution is 7.18. The van der Waals surface area contributed by atoms with Gasteiger partial charge in [0, 0.05) is 6.20 Å². The third-order valence-corrected chi connectivity index (χ3v) is 3.51. The van der Waals surface area contributed by atoms with Gasteiger partial charge in [-0.05, 0) is 30.7 Å². The Hall–Kier alpha value is -1.10. The molecule has 0 spiro atoms. The van der Waals surface area contributed by atoms with Gasteiger partial charge in [-0.15, -0.1) is 11.3 Å². The molecule has 0 aromatic carbocycles. The predicted octanol–water partition coefficient (Wildman–Crippen LogP) is 4.01. The molecule has 0 atom stereocenters. The fourth-order valence-corrected chi connectivity index (χ4v) is 2.43. The number of aryl methyl sites for hydroxylation is 1. The molecule has 0 aliphatic heterocycles. The smallest absolute Gasteiger partial charge is 0.266 e. The van der Waals surface area contributed by atoms with Gasteiger partial charge in [0.2, 0.25) is 0 Å². The molecule has 2 aromatic rings. The van der Waals surface area contributed by atoms with Crippen LogP contribution in [-0.4, -0.2) is 10.9 Å². The van der Waals surface area contributed by atoms with Crippen LogP contribution in [0.1, 0.15) is 15.2 Å². The first kappa shape index (κ1) is 12.4. The Morgan fingerprint density at radius 3 is 2.76 bits per heavy atom. The van der Waals surface area contributed by atoms with Gasteiger partial charge in [0.15, 0.2) is 0 Å². The molecule has 3 nitrogen and oxygen atoms in total. The molecule has 2 aromatic heterocycles. The molecule has 1 N–H and O–H groups in total. The summed E-state index contributed by atoms with van der Waals surface area (Å²) in [5.41, 5.74) is 0.813. The highest BCUT2D eigenvalue weighted by atomic mass is 35.5. The number of aromatic nitrogens is 1. The van der Waals surface area contributed by atoms with E-state index in [1.165, 1.54) is 17.5 Å². The second kappa shape index (κ2) is 5.04. The van der Waals surface area contributed by atoms with Gasteiger partial charge in [0.25, 0.3) is 5.91 Å². The van der Waals surface area contributed by atoms with Crippen LogP contribution in [0.5, 0.6) is 0 Å². The van der Waals surface area contributed by atoms with Crippen LogP contribution < -0.4 is 5.32 Å². The van der Waals surface area contributed by atoms with Gasteiger partial charge >= 0.3 is 0 Å². The maximum absolute atomic E-state index is 11.8. The Balaban J connectivity index is 2.18. The summed E-state index contributed by atoms with van der Waals surface area (Å²) in [6, 6.07) is 5.10. The Labute approximate surface area is 112 Å². The zero-order chi connectivity index (χ0) is 12.4. The van der Waals surface area contributed by atoms with E-state index in [-0.39, 0.29) is 5.91 Å². The summed E-state index contributed by atoms with van der Waals surface area (Å²) in [6.45, 7) is 1.83. The maximum atomic E-state index is 11.8. The van der Waals surface area contributed by atoms with Crippen LogP contribution in [-0.2, 0) is 0 Å². The van der Waals surface area contributed by atoms with Crippen molar-refractivity contribution in [1.82, 2.24) is 4.98 Å². The number of nitrogens with one attached hydrogen (secondary N) is 1. The van der Waals surface area contributed by atoms with Crippen molar-refractivity contribution in [3.8, 4) is 0 Å². The largest absolute Gasteiger partial charge is 0.306 e. The Morgan fingerprint density at radius 2 is 2.18 bits per heavy atom. The van der Waals surface area contributed by atoms with Crippen LogP contribution in [0.15, 0.2) is 24.4 Å². The van der Waals surface area contributed by atoms with Gasteiger partial charge in [0.05, 0.1) is 14.2 Å².